The number of hydrogen-bond donors (Lipinski definition) is 6. The second-order valence-corrected chi connectivity index (χ2v) is 7.79. The average molecular weight is 377 g/mol. The Labute approximate surface area is 170 Å². The largest absolute Gasteiger partial charge is 0.375 e. The van der Waals surface area contributed by atoms with Gasteiger partial charge in [-0.1, -0.05) is 72.1 Å². The summed E-state index contributed by atoms with van der Waals surface area (Å²) in [6.45, 7) is 9.96. The maximum Gasteiger partial charge on any atom is 0.375 e. The zero-order valence-corrected chi connectivity index (χ0v) is 18.2. The van der Waals surface area contributed by atoms with Gasteiger partial charge in [0, 0.05) is 12.6 Å². The molecule has 6 N–H and O–H groups in total. The maximum absolute atomic E-state index is 3.76. The summed E-state index contributed by atoms with van der Waals surface area (Å²) in [6, 6.07) is 0.547. The van der Waals surface area contributed by atoms with Crippen LogP contribution in [0.3, 0.4) is 0 Å². The highest BCUT2D eigenvalue weighted by molar-refractivity contribution is 6.79. The Bertz CT molecular complexity index is 327. The van der Waals surface area contributed by atoms with Crippen LogP contribution in [-0.2, 0) is 0 Å². The van der Waals surface area contributed by atoms with E-state index < -0.39 is 0 Å². The zero-order valence-electron chi connectivity index (χ0n) is 18.2. The molecular formula is C18H44B3N6. The summed E-state index contributed by atoms with van der Waals surface area (Å²) in [5.41, 5.74) is 0. The smallest absolute Gasteiger partial charge is 0.360 e. The van der Waals surface area contributed by atoms with Crippen LogP contribution in [0.5, 0.6) is 0 Å². The monoisotopic (exact) mass is 377 g/mol. The van der Waals surface area contributed by atoms with Gasteiger partial charge in [0.2, 0.25) is 0 Å². The molecule has 1 atom stereocenters. The van der Waals surface area contributed by atoms with Crippen LogP contribution in [0.15, 0.2) is 0 Å². The van der Waals surface area contributed by atoms with E-state index in [4.69, 9.17) is 0 Å². The first kappa shape index (κ1) is 25.0. The van der Waals surface area contributed by atoms with Crippen molar-refractivity contribution < 1.29 is 0 Å². The third-order valence-electron chi connectivity index (χ3n) is 5.15. The van der Waals surface area contributed by atoms with E-state index in [1.807, 2.05) is 7.55 Å². The van der Waals surface area contributed by atoms with Crippen molar-refractivity contribution in [1.82, 2.24) is 31.2 Å². The topological polar surface area (TPSA) is 72.2 Å². The standard InChI is InChI=1S/C18H44B3N6/c1-4-7-10-12-15-22-18(14-9-6-3)17-24-21-26-19-25-20(27-21)23-16-13-11-8-5-2/h18,22-27H,4-17H2,1-3H3. The summed E-state index contributed by atoms with van der Waals surface area (Å²) in [6.07, 6.45) is 14.2. The van der Waals surface area contributed by atoms with Crippen LogP contribution in [0.25, 0.3) is 0 Å². The van der Waals surface area contributed by atoms with E-state index in [0.29, 0.717) is 6.04 Å². The van der Waals surface area contributed by atoms with Gasteiger partial charge in [-0.25, -0.2) is 0 Å². The normalized spacial score (nSPS) is 15.8. The molecule has 27 heavy (non-hydrogen) atoms. The van der Waals surface area contributed by atoms with Crippen LogP contribution in [0.2, 0.25) is 0 Å². The van der Waals surface area contributed by atoms with Crippen LogP contribution in [-0.4, -0.2) is 47.5 Å². The summed E-state index contributed by atoms with van der Waals surface area (Å²) in [4.78, 5) is 0. The molecule has 1 unspecified atom stereocenters. The zero-order chi connectivity index (χ0) is 19.6. The minimum absolute atomic E-state index is 0.102. The Morgan fingerprint density at radius 3 is 2.04 bits per heavy atom. The highest BCUT2D eigenvalue weighted by Gasteiger charge is 2.28. The van der Waals surface area contributed by atoms with Crippen LogP contribution >= 0.6 is 0 Å². The van der Waals surface area contributed by atoms with E-state index in [0.717, 1.165) is 19.6 Å². The lowest BCUT2D eigenvalue weighted by Crippen LogP contribution is -2.78. The van der Waals surface area contributed by atoms with Gasteiger partial charge in [0.25, 0.3) is 7.55 Å². The van der Waals surface area contributed by atoms with Gasteiger partial charge in [0.05, 0.1) is 0 Å². The van der Waals surface area contributed by atoms with Crippen molar-refractivity contribution in [2.75, 3.05) is 19.6 Å². The van der Waals surface area contributed by atoms with E-state index in [2.05, 4.69) is 52.0 Å². The number of rotatable bonds is 18. The van der Waals surface area contributed by atoms with Crippen molar-refractivity contribution >= 4 is 21.8 Å². The molecular weight excluding hydrogens is 333 g/mol. The van der Waals surface area contributed by atoms with Gasteiger partial charge in [0.1, 0.15) is 0 Å². The molecule has 0 spiro atoms. The molecule has 155 valence electrons. The van der Waals surface area contributed by atoms with Crippen LogP contribution in [0, 0.1) is 0 Å². The summed E-state index contributed by atoms with van der Waals surface area (Å²) in [5, 5.41) is 21.1. The lowest BCUT2D eigenvalue weighted by molar-refractivity contribution is 0.449. The van der Waals surface area contributed by atoms with E-state index in [1.165, 1.54) is 70.6 Å². The maximum atomic E-state index is 3.76. The molecule has 1 aliphatic rings. The van der Waals surface area contributed by atoms with Gasteiger partial charge in [0.15, 0.2) is 0 Å². The lowest BCUT2D eigenvalue weighted by Gasteiger charge is -2.29. The number of nitrogens with one attached hydrogen (secondary N) is 6. The van der Waals surface area contributed by atoms with Crippen LogP contribution in [0.4, 0.5) is 0 Å². The summed E-state index contributed by atoms with van der Waals surface area (Å²) in [5.74, 6) is 0. The highest BCUT2D eigenvalue weighted by atomic mass is 15.2. The molecule has 0 aromatic rings. The van der Waals surface area contributed by atoms with Crippen molar-refractivity contribution in [3.05, 3.63) is 0 Å². The fourth-order valence-corrected chi connectivity index (χ4v) is 3.36. The first-order valence-electron chi connectivity index (χ1n) is 11.6. The Morgan fingerprint density at radius 1 is 0.741 bits per heavy atom. The molecule has 6 nitrogen and oxygen atoms in total. The SMILES string of the molecule is CCCCCCNB1N[B]NB(NCC(CCCC)NCCCCCC)N1. The Hall–Kier alpha value is -0.0452. The van der Waals surface area contributed by atoms with Gasteiger partial charge in [-0.15, -0.1) is 0 Å². The van der Waals surface area contributed by atoms with Crippen LogP contribution in [0.1, 0.15) is 91.4 Å². The summed E-state index contributed by atoms with van der Waals surface area (Å²) in [7, 11) is 2.17. The molecule has 1 heterocycles. The van der Waals surface area contributed by atoms with E-state index in [1.54, 1.807) is 0 Å². The first-order chi connectivity index (χ1) is 13.3. The Kier molecular flexibility index (Phi) is 16.7. The van der Waals surface area contributed by atoms with E-state index in [9.17, 15) is 0 Å². The van der Waals surface area contributed by atoms with Gasteiger partial charge in [-0.3, -0.25) is 0 Å². The predicted octanol–water partition coefficient (Wildman–Crippen LogP) is 1.76. The molecule has 1 rings (SSSR count). The second kappa shape index (κ2) is 18.0. The molecule has 9 heteroatoms. The molecule has 0 amide bonds. The van der Waals surface area contributed by atoms with E-state index >= 15 is 0 Å². The molecule has 0 aliphatic carbocycles. The molecule has 1 aliphatic heterocycles. The molecule has 0 saturated carbocycles. The summed E-state index contributed by atoms with van der Waals surface area (Å²) < 4.78 is 0. The molecule has 0 bridgehead atoms. The quantitative estimate of drug-likeness (QED) is 0.162. The van der Waals surface area contributed by atoms with Crippen molar-refractivity contribution in [1.29, 1.82) is 0 Å². The first-order valence-corrected chi connectivity index (χ1v) is 11.6. The van der Waals surface area contributed by atoms with E-state index in [-0.39, 0.29) is 14.2 Å². The Balaban J connectivity index is 2.21. The third-order valence-corrected chi connectivity index (χ3v) is 5.15. The third kappa shape index (κ3) is 13.7. The van der Waals surface area contributed by atoms with Crippen molar-refractivity contribution in [2.24, 2.45) is 0 Å². The lowest BCUT2D eigenvalue weighted by atomic mass is 9.69. The van der Waals surface area contributed by atoms with Crippen LogP contribution < -0.4 is 31.2 Å². The minimum atomic E-state index is 0.102. The molecule has 1 fully saturated rings. The molecule has 1 saturated heterocycles. The predicted molar refractivity (Wildman–Crippen MR) is 122 cm³/mol. The van der Waals surface area contributed by atoms with Gasteiger partial charge < -0.3 is 31.2 Å². The molecule has 0 aromatic heterocycles. The molecule has 0 aromatic carbocycles. The molecule has 1 radical (unpaired) electrons. The van der Waals surface area contributed by atoms with Crippen molar-refractivity contribution in [2.45, 2.75) is 97.4 Å². The second-order valence-electron chi connectivity index (χ2n) is 7.79. The number of unbranched alkanes of at least 4 members (excludes halogenated alkanes) is 7. The fraction of sp³-hybridized carbons (Fsp3) is 1.00. The van der Waals surface area contributed by atoms with Crippen molar-refractivity contribution in [3.8, 4) is 0 Å². The summed E-state index contributed by atoms with van der Waals surface area (Å²) >= 11 is 0. The van der Waals surface area contributed by atoms with Gasteiger partial charge in [-0.05, 0) is 32.4 Å². The Morgan fingerprint density at radius 2 is 1.37 bits per heavy atom. The van der Waals surface area contributed by atoms with Crippen molar-refractivity contribution in [3.63, 3.8) is 0 Å². The van der Waals surface area contributed by atoms with Gasteiger partial charge in [-0.2, -0.15) is 0 Å². The average Bonchev–Trinajstić information content (AvgIpc) is 2.69. The van der Waals surface area contributed by atoms with Gasteiger partial charge >= 0.3 is 14.2 Å². The fourth-order valence-electron chi connectivity index (χ4n) is 3.36. The number of hydrogen-bond acceptors (Lipinski definition) is 6. The highest BCUT2D eigenvalue weighted by Crippen LogP contribution is 2.02. The minimum Gasteiger partial charge on any atom is -0.360 e.